The Morgan fingerprint density at radius 2 is 1.91 bits per heavy atom. The number of fused-ring (bicyclic) bond motifs is 1. The zero-order chi connectivity index (χ0) is 16.0. The third kappa shape index (κ3) is 2.93. The van der Waals surface area contributed by atoms with E-state index < -0.39 is 11.4 Å². The molecule has 1 saturated carbocycles. The smallest absolute Gasteiger partial charge is 0.136 e. The molecule has 122 valence electrons. The fourth-order valence-electron chi connectivity index (χ4n) is 4.00. The quantitative estimate of drug-likeness (QED) is 0.817. The Hall–Kier alpha value is -0.580. The summed E-state index contributed by atoms with van der Waals surface area (Å²) in [6.45, 7) is 5.93. The van der Waals surface area contributed by atoms with E-state index in [0.29, 0.717) is 0 Å². The molecule has 4 heteroatoms. The van der Waals surface area contributed by atoms with E-state index in [2.05, 4.69) is 4.72 Å². The van der Waals surface area contributed by atoms with Gasteiger partial charge in [0.1, 0.15) is 10.6 Å². The van der Waals surface area contributed by atoms with Crippen LogP contribution in [0.1, 0.15) is 70.0 Å². The average molecular weight is 323 g/mol. The molecule has 2 nitrogen and oxygen atoms in total. The van der Waals surface area contributed by atoms with Gasteiger partial charge in [-0.1, -0.05) is 25.3 Å². The third-order valence-electron chi connectivity index (χ3n) is 5.20. The molecule has 0 bridgehead atoms. The van der Waals surface area contributed by atoms with Crippen LogP contribution in [0.3, 0.4) is 0 Å². The molecular weight excluding hydrogens is 297 g/mol. The summed E-state index contributed by atoms with van der Waals surface area (Å²) in [5.74, 6) is -0.194. The number of hydrogen-bond acceptors (Lipinski definition) is 2. The fourth-order valence-corrected chi connectivity index (χ4v) is 4.94. The molecule has 0 aliphatic heterocycles. The lowest BCUT2D eigenvalue weighted by Gasteiger charge is -2.40. The number of rotatable bonds is 2. The Kier molecular flexibility index (Phi) is 4.30. The summed E-state index contributed by atoms with van der Waals surface area (Å²) in [6, 6.07) is 5.13. The first-order chi connectivity index (χ1) is 10.3. The van der Waals surface area contributed by atoms with Crippen molar-refractivity contribution in [3.05, 3.63) is 35.1 Å². The molecule has 1 aromatic carbocycles. The molecule has 3 rings (SSSR count). The normalized spacial score (nSPS) is 25.2. The SMILES string of the molecule is CC(C)(C)[S+]([O-])N[C@@H]1c2cc(F)ccc2CC12CCCCC2. The zero-order valence-corrected chi connectivity index (χ0v) is 14.6. The Morgan fingerprint density at radius 1 is 1.23 bits per heavy atom. The molecule has 22 heavy (non-hydrogen) atoms. The van der Waals surface area contributed by atoms with Gasteiger partial charge in [0.15, 0.2) is 0 Å². The zero-order valence-electron chi connectivity index (χ0n) is 13.7. The summed E-state index contributed by atoms with van der Waals surface area (Å²) in [6.07, 6.45) is 6.99. The van der Waals surface area contributed by atoms with Crippen molar-refractivity contribution >= 4 is 11.4 Å². The van der Waals surface area contributed by atoms with Gasteiger partial charge in [0.05, 0.1) is 6.04 Å². The highest BCUT2D eigenvalue weighted by Crippen LogP contribution is 2.54. The van der Waals surface area contributed by atoms with Crippen LogP contribution >= 0.6 is 0 Å². The maximum absolute atomic E-state index is 13.8. The van der Waals surface area contributed by atoms with Gasteiger partial charge in [-0.05, 0) is 68.7 Å². The predicted octanol–water partition coefficient (Wildman–Crippen LogP) is 4.43. The molecule has 1 spiro atoms. The minimum atomic E-state index is -1.14. The van der Waals surface area contributed by atoms with Gasteiger partial charge in [-0.3, -0.25) is 0 Å². The van der Waals surface area contributed by atoms with Crippen molar-refractivity contribution in [1.82, 2.24) is 4.72 Å². The maximum Gasteiger partial charge on any atom is 0.136 e. The molecular formula is C18H26FNOS. The summed E-state index contributed by atoms with van der Waals surface area (Å²) >= 11 is -1.14. The highest BCUT2D eigenvalue weighted by atomic mass is 32.2. The first kappa shape index (κ1) is 16.3. The summed E-state index contributed by atoms with van der Waals surface area (Å²) < 4.78 is 29.5. The second-order valence-corrected chi connectivity index (χ2v) is 9.87. The monoisotopic (exact) mass is 323 g/mol. The van der Waals surface area contributed by atoms with E-state index >= 15 is 0 Å². The first-order valence-corrected chi connectivity index (χ1v) is 9.43. The molecule has 0 amide bonds. The van der Waals surface area contributed by atoms with Gasteiger partial charge in [-0.2, -0.15) is 0 Å². The van der Waals surface area contributed by atoms with Crippen LogP contribution < -0.4 is 4.72 Å². The van der Waals surface area contributed by atoms with Crippen molar-refractivity contribution in [3.63, 3.8) is 0 Å². The predicted molar refractivity (Wildman–Crippen MR) is 89.4 cm³/mol. The van der Waals surface area contributed by atoms with Crippen molar-refractivity contribution in [2.75, 3.05) is 0 Å². The van der Waals surface area contributed by atoms with Gasteiger partial charge < -0.3 is 4.55 Å². The molecule has 0 saturated heterocycles. The molecule has 0 aromatic heterocycles. The highest BCUT2D eigenvalue weighted by Gasteiger charge is 2.49. The molecule has 2 aliphatic rings. The van der Waals surface area contributed by atoms with Gasteiger partial charge in [0.25, 0.3) is 0 Å². The van der Waals surface area contributed by atoms with Gasteiger partial charge in [-0.15, -0.1) is 4.72 Å². The molecule has 1 fully saturated rings. The standard InChI is InChI=1S/C18H26FNOS/c1-17(2,3)22(21)20-16-15-11-14(19)8-7-13(15)12-18(16)9-5-4-6-10-18/h7-8,11,16,20H,4-6,9-10,12H2,1-3H3/t16-,22?/m1/s1. The van der Waals surface area contributed by atoms with Crippen LogP contribution in [0.25, 0.3) is 0 Å². The second kappa shape index (κ2) is 5.81. The molecule has 0 heterocycles. The molecule has 2 atom stereocenters. The number of benzene rings is 1. The Bertz CT molecular complexity index is 549. The van der Waals surface area contributed by atoms with Gasteiger partial charge in [-0.25, -0.2) is 4.39 Å². The van der Waals surface area contributed by atoms with Gasteiger partial charge >= 0.3 is 0 Å². The van der Waals surface area contributed by atoms with Crippen LogP contribution in [0.4, 0.5) is 4.39 Å². The number of halogens is 1. The Balaban J connectivity index is 1.95. The van der Waals surface area contributed by atoms with Crippen LogP contribution in [0, 0.1) is 11.2 Å². The minimum Gasteiger partial charge on any atom is -0.598 e. The van der Waals surface area contributed by atoms with Crippen LogP contribution in [0.15, 0.2) is 18.2 Å². The van der Waals surface area contributed by atoms with Crippen molar-refractivity contribution in [3.8, 4) is 0 Å². The van der Waals surface area contributed by atoms with E-state index in [4.69, 9.17) is 0 Å². The van der Waals surface area contributed by atoms with E-state index in [-0.39, 0.29) is 22.0 Å². The Labute approximate surface area is 136 Å². The van der Waals surface area contributed by atoms with Crippen molar-refractivity contribution in [1.29, 1.82) is 0 Å². The summed E-state index contributed by atoms with van der Waals surface area (Å²) in [5.41, 5.74) is 2.38. The van der Waals surface area contributed by atoms with Crippen LogP contribution in [-0.2, 0) is 17.8 Å². The first-order valence-electron chi connectivity index (χ1n) is 8.28. The van der Waals surface area contributed by atoms with Crippen molar-refractivity contribution < 1.29 is 8.94 Å². The number of hydrogen-bond donors (Lipinski definition) is 1. The average Bonchev–Trinajstić information content (AvgIpc) is 2.72. The lowest BCUT2D eigenvalue weighted by Crippen LogP contribution is -2.46. The largest absolute Gasteiger partial charge is 0.598 e. The topological polar surface area (TPSA) is 35.1 Å². The van der Waals surface area contributed by atoms with E-state index in [1.165, 1.54) is 24.8 Å². The lowest BCUT2D eigenvalue weighted by atomic mass is 9.70. The van der Waals surface area contributed by atoms with Crippen LogP contribution in [0.5, 0.6) is 0 Å². The van der Waals surface area contributed by atoms with Gasteiger partial charge in [0, 0.05) is 11.4 Å². The van der Waals surface area contributed by atoms with E-state index in [1.807, 2.05) is 26.8 Å². The van der Waals surface area contributed by atoms with E-state index in [0.717, 1.165) is 24.8 Å². The second-order valence-electron chi connectivity index (χ2n) is 7.87. The van der Waals surface area contributed by atoms with E-state index in [1.54, 1.807) is 12.1 Å². The molecule has 2 aliphatic carbocycles. The number of nitrogens with one attached hydrogen (secondary N) is 1. The summed E-state index contributed by atoms with van der Waals surface area (Å²) in [7, 11) is 0. The van der Waals surface area contributed by atoms with Crippen molar-refractivity contribution in [2.24, 2.45) is 5.41 Å². The maximum atomic E-state index is 13.8. The van der Waals surface area contributed by atoms with Crippen LogP contribution in [0.2, 0.25) is 0 Å². The highest BCUT2D eigenvalue weighted by molar-refractivity contribution is 7.90. The van der Waals surface area contributed by atoms with Crippen molar-refractivity contribution in [2.45, 2.75) is 70.1 Å². The lowest BCUT2D eigenvalue weighted by molar-refractivity contribution is 0.152. The van der Waals surface area contributed by atoms with Gasteiger partial charge in [0.2, 0.25) is 0 Å². The molecule has 1 aromatic rings. The molecule has 0 radical (unpaired) electrons. The van der Waals surface area contributed by atoms with E-state index in [9.17, 15) is 8.94 Å². The fraction of sp³-hybridized carbons (Fsp3) is 0.667. The summed E-state index contributed by atoms with van der Waals surface area (Å²) in [5, 5.41) is 0. The van der Waals surface area contributed by atoms with Crippen LogP contribution in [-0.4, -0.2) is 9.30 Å². The molecule has 1 N–H and O–H groups in total. The minimum absolute atomic E-state index is 0.0126. The third-order valence-corrected chi connectivity index (χ3v) is 6.77. The summed E-state index contributed by atoms with van der Waals surface area (Å²) in [4.78, 5) is 0. The molecule has 1 unspecified atom stereocenters. The Morgan fingerprint density at radius 3 is 2.55 bits per heavy atom.